The van der Waals surface area contributed by atoms with Crippen molar-refractivity contribution >= 4 is 19.8 Å². The molecule has 0 radical (unpaired) electrons. The van der Waals surface area contributed by atoms with E-state index in [0.717, 1.165) is 64.2 Å². The number of hydrogen-bond donors (Lipinski definition) is 2. The lowest BCUT2D eigenvalue weighted by atomic mass is 10.1. The van der Waals surface area contributed by atoms with E-state index in [4.69, 9.17) is 19.3 Å². The van der Waals surface area contributed by atoms with Gasteiger partial charge in [-0.2, -0.15) is 0 Å². The summed E-state index contributed by atoms with van der Waals surface area (Å²) in [5.74, 6) is -0.916. The Morgan fingerprint density at radius 3 is 1.44 bits per heavy atom. The normalized spacial score (nSPS) is 13.1. The zero-order valence-corrected chi connectivity index (χ0v) is 33.8. The maximum Gasteiger partial charge on any atom is 0.469 e. The van der Waals surface area contributed by atoms with Crippen LogP contribution in [0.3, 0.4) is 0 Å². The minimum Gasteiger partial charge on any atom is -0.462 e. The molecule has 2 N–H and O–H groups in total. The van der Waals surface area contributed by atoms with Crippen LogP contribution in [-0.2, 0) is 28.2 Å². The van der Waals surface area contributed by atoms with Crippen molar-refractivity contribution in [1.82, 2.24) is 0 Å². The van der Waals surface area contributed by atoms with E-state index in [-0.39, 0.29) is 19.4 Å². The summed E-state index contributed by atoms with van der Waals surface area (Å²) < 4.78 is 26.4. The van der Waals surface area contributed by atoms with Gasteiger partial charge in [-0.3, -0.25) is 14.1 Å². The smallest absolute Gasteiger partial charge is 0.462 e. The first-order valence-electron chi connectivity index (χ1n) is 20.6. The lowest BCUT2D eigenvalue weighted by Crippen LogP contribution is -2.29. The Morgan fingerprint density at radius 1 is 0.519 bits per heavy atom. The Bertz CT molecular complexity index is 1030. The molecule has 0 aromatic carbocycles. The molecule has 0 bridgehead atoms. The third-order valence-corrected chi connectivity index (χ3v) is 9.10. The number of allylic oxidation sites excluding steroid dienone is 10. The molecule has 0 amide bonds. The number of phosphoric acid groups is 1. The van der Waals surface area contributed by atoms with E-state index < -0.39 is 32.5 Å². The molecule has 0 heterocycles. The van der Waals surface area contributed by atoms with Crippen LogP contribution in [0.5, 0.6) is 0 Å². The number of hydrogen-bond acceptors (Lipinski definition) is 6. The molecular weight excluding hydrogens is 675 g/mol. The second-order valence-corrected chi connectivity index (χ2v) is 14.9. The summed E-state index contributed by atoms with van der Waals surface area (Å²) in [4.78, 5) is 42.8. The number of carbonyl (C=O) groups is 2. The van der Waals surface area contributed by atoms with Crippen molar-refractivity contribution in [3.63, 3.8) is 0 Å². The highest BCUT2D eigenvalue weighted by Gasteiger charge is 2.22. The Hall–Kier alpha value is -2.25. The Morgan fingerprint density at radius 2 is 0.942 bits per heavy atom. The van der Waals surface area contributed by atoms with Crippen molar-refractivity contribution in [2.45, 2.75) is 187 Å². The van der Waals surface area contributed by atoms with Gasteiger partial charge in [0.15, 0.2) is 6.10 Å². The van der Waals surface area contributed by atoms with Crippen LogP contribution >= 0.6 is 7.82 Å². The average molecular weight is 751 g/mol. The predicted octanol–water partition coefficient (Wildman–Crippen LogP) is 12.5. The SMILES string of the molecule is CC/C=C/C=C/C=C/C=C/CCCCCCCC(=O)O[C@H](COC(=O)CCCCCCCCCCC/C=C/CCCCCCCC)COP(=O)(O)O. The van der Waals surface area contributed by atoms with Gasteiger partial charge in [-0.15, -0.1) is 0 Å². The Labute approximate surface area is 317 Å². The van der Waals surface area contributed by atoms with E-state index in [1.165, 1.54) is 83.5 Å². The average Bonchev–Trinajstić information content (AvgIpc) is 3.11. The third kappa shape index (κ3) is 40.5. The van der Waals surface area contributed by atoms with E-state index >= 15 is 0 Å². The number of unbranched alkanes of at least 4 members (excludes halogenated alkanes) is 20. The van der Waals surface area contributed by atoms with Crippen LogP contribution in [0.25, 0.3) is 0 Å². The molecular formula is C43H75O8P. The summed E-state index contributed by atoms with van der Waals surface area (Å²) in [7, 11) is -4.76. The van der Waals surface area contributed by atoms with Crippen molar-refractivity contribution in [1.29, 1.82) is 0 Å². The minimum atomic E-state index is -4.76. The second kappa shape index (κ2) is 38.5. The fraction of sp³-hybridized carbons (Fsp3) is 0.721. The van der Waals surface area contributed by atoms with Gasteiger partial charge in [0.2, 0.25) is 0 Å². The van der Waals surface area contributed by atoms with Crippen molar-refractivity contribution in [3.8, 4) is 0 Å². The Balaban J connectivity index is 3.95. The van der Waals surface area contributed by atoms with Gasteiger partial charge in [0.05, 0.1) is 6.61 Å². The number of phosphoric ester groups is 1. The first kappa shape index (κ1) is 49.8. The second-order valence-electron chi connectivity index (χ2n) is 13.7. The molecule has 8 nitrogen and oxygen atoms in total. The molecule has 0 spiro atoms. The molecule has 0 rings (SSSR count). The lowest BCUT2D eigenvalue weighted by molar-refractivity contribution is -0.161. The van der Waals surface area contributed by atoms with Gasteiger partial charge in [-0.05, 0) is 57.8 Å². The van der Waals surface area contributed by atoms with Gasteiger partial charge < -0.3 is 19.3 Å². The molecule has 0 aromatic heterocycles. The van der Waals surface area contributed by atoms with Crippen LogP contribution in [0, 0.1) is 0 Å². The molecule has 9 heteroatoms. The Kier molecular flexibility index (Phi) is 36.8. The molecule has 0 aliphatic rings. The van der Waals surface area contributed by atoms with E-state index in [1.54, 1.807) is 0 Å². The van der Waals surface area contributed by atoms with Crippen molar-refractivity contribution in [2.24, 2.45) is 0 Å². The molecule has 0 fully saturated rings. The highest BCUT2D eigenvalue weighted by molar-refractivity contribution is 7.46. The molecule has 0 aromatic rings. The summed E-state index contributed by atoms with van der Waals surface area (Å²) in [5.41, 5.74) is 0. The fourth-order valence-electron chi connectivity index (χ4n) is 5.55. The van der Waals surface area contributed by atoms with Crippen LogP contribution in [0.1, 0.15) is 181 Å². The standard InChI is InChI=1S/C43H75O8P/c1-3-5-7-9-11-13-15-17-19-20-21-22-24-25-27-29-31-33-35-37-42(44)49-39-41(40-50-52(46,47)48)51-43(45)38-36-34-32-30-28-26-23-18-16-14-12-10-8-6-4-2/h6,8,10,12,14,16-19,23,41H,3-5,7,9,11,13,15,20-22,24-40H2,1-2H3,(H2,46,47,48)/b8-6+,12-10+,16-14+,19-17+,23-18+/t41-/m1/s1. The number of ether oxygens (including phenoxy) is 2. The predicted molar refractivity (Wildman–Crippen MR) is 216 cm³/mol. The first-order chi connectivity index (χ1) is 25.3. The van der Waals surface area contributed by atoms with Crippen molar-refractivity contribution in [3.05, 3.63) is 60.8 Å². The fourth-order valence-corrected chi connectivity index (χ4v) is 5.91. The monoisotopic (exact) mass is 751 g/mol. The van der Waals surface area contributed by atoms with Crippen LogP contribution < -0.4 is 0 Å². The summed E-state index contributed by atoms with van der Waals surface area (Å²) in [6, 6.07) is 0. The largest absolute Gasteiger partial charge is 0.469 e. The van der Waals surface area contributed by atoms with E-state index in [1.807, 2.05) is 30.4 Å². The maximum atomic E-state index is 12.4. The molecule has 300 valence electrons. The van der Waals surface area contributed by atoms with Crippen LogP contribution in [0.15, 0.2) is 60.8 Å². The molecule has 52 heavy (non-hydrogen) atoms. The van der Waals surface area contributed by atoms with Crippen LogP contribution in [-0.4, -0.2) is 41.0 Å². The van der Waals surface area contributed by atoms with Crippen molar-refractivity contribution < 1.29 is 37.9 Å². The van der Waals surface area contributed by atoms with Crippen LogP contribution in [0.2, 0.25) is 0 Å². The van der Waals surface area contributed by atoms with Crippen molar-refractivity contribution in [2.75, 3.05) is 13.2 Å². The zero-order valence-electron chi connectivity index (χ0n) is 32.9. The van der Waals surface area contributed by atoms with E-state index in [0.29, 0.717) is 6.42 Å². The number of rotatable bonds is 37. The molecule has 0 aliphatic carbocycles. The quantitative estimate of drug-likeness (QED) is 0.0212. The van der Waals surface area contributed by atoms with Gasteiger partial charge in [-0.1, -0.05) is 171 Å². The lowest BCUT2D eigenvalue weighted by Gasteiger charge is -2.18. The third-order valence-electron chi connectivity index (χ3n) is 8.61. The minimum absolute atomic E-state index is 0.183. The maximum absolute atomic E-state index is 12.4. The van der Waals surface area contributed by atoms with Gasteiger partial charge in [0.25, 0.3) is 0 Å². The summed E-state index contributed by atoms with van der Waals surface area (Å²) >= 11 is 0. The summed E-state index contributed by atoms with van der Waals surface area (Å²) in [5, 5.41) is 0. The van der Waals surface area contributed by atoms with E-state index in [2.05, 4.69) is 48.8 Å². The molecule has 0 saturated carbocycles. The van der Waals surface area contributed by atoms with Gasteiger partial charge in [0.1, 0.15) is 6.61 Å². The van der Waals surface area contributed by atoms with Gasteiger partial charge in [-0.25, -0.2) is 4.57 Å². The van der Waals surface area contributed by atoms with Gasteiger partial charge >= 0.3 is 19.8 Å². The molecule has 0 aliphatic heterocycles. The number of esters is 2. The number of carbonyl (C=O) groups excluding carboxylic acids is 2. The topological polar surface area (TPSA) is 119 Å². The highest BCUT2D eigenvalue weighted by atomic mass is 31.2. The molecule has 1 atom stereocenters. The first-order valence-corrected chi connectivity index (χ1v) is 22.2. The summed E-state index contributed by atoms with van der Waals surface area (Å²) in [6.45, 7) is 3.52. The molecule has 0 saturated heterocycles. The zero-order chi connectivity index (χ0) is 38.2. The highest BCUT2D eigenvalue weighted by Crippen LogP contribution is 2.36. The van der Waals surface area contributed by atoms with E-state index in [9.17, 15) is 14.2 Å². The van der Waals surface area contributed by atoms with Crippen LogP contribution in [0.4, 0.5) is 0 Å². The summed E-state index contributed by atoms with van der Waals surface area (Å²) in [6.07, 6.45) is 48.0. The van der Waals surface area contributed by atoms with Gasteiger partial charge in [0, 0.05) is 12.8 Å². The molecule has 0 unspecified atom stereocenters.